The van der Waals surface area contributed by atoms with Crippen LogP contribution in [-0.4, -0.2) is 170 Å². The maximum atomic E-state index is 11.6. The van der Waals surface area contributed by atoms with E-state index in [4.69, 9.17) is 58.5 Å². The van der Waals surface area contributed by atoms with Crippen molar-refractivity contribution < 1.29 is 142 Å². The lowest BCUT2D eigenvalue weighted by Crippen LogP contribution is -2.23. The van der Waals surface area contributed by atoms with E-state index < -0.39 is 96.8 Å². The summed E-state index contributed by atoms with van der Waals surface area (Å²) < 4.78 is 113. The van der Waals surface area contributed by atoms with Gasteiger partial charge in [-0.1, -0.05) is 180 Å². The summed E-state index contributed by atoms with van der Waals surface area (Å²) in [6.45, 7) is 51.4. The summed E-state index contributed by atoms with van der Waals surface area (Å²) in [7, 11) is 2.58. The molecule has 5 fully saturated rings. The number of rotatable bonds is 9. The summed E-state index contributed by atoms with van der Waals surface area (Å²) >= 11 is 15.8. The molecule has 0 aromatic heterocycles. The SMILES string of the molecule is CC.CC.CC.CC.CC.CCC1COC(=O)O1.CCCOC(=O)OCC(C)(C)CC.CCOC(=O)OCC(C)(C)C.COC(=O)OC(C)(C)C.COC(=O)OCC(C)(C)C.O=C1OC(Cl)C(Cl)O1.O=C1OC(F)C(F)O1.O=C1OCC(Cl)O1.O=C1OCC(F)O1. The van der Waals surface area contributed by atoms with Gasteiger partial charge >= 0.3 is 68.1 Å². The van der Waals surface area contributed by atoms with E-state index in [0.29, 0.717) is 39.6 Å². The number of alkyl halides is 6. The van der Waals surface area contributed by atoms with E-state index in [1.54, 1.807) is 27.7 Å². The summed E-state index contributed by atoms with van der Waals surface area (Å²) in [6, 6.07) is 0. The number of halogens is 6. The van der Waals surface area contributed by atoms with Gasteiger partial charge in [0.25, 0.3) is 6.36 Å². The lowest BCUT2D eigenvalue weighted by atomic mass is 9.92. The van der Waals surface area contributed by atoms with Gasteiger partial charge in [0.15, 0.2) is 6.61 Å². The van der Waals surface area contributed by atoms with Crippen molar-refractivity contribution in [3.63, 3.8) is 0 Å². The van der Waals surface area contributed by atoms with Gasteiger partial charge in [0, 0.05) is 0 Å². The van der Waals surface area contributed by atoms with Crippen molar-refractivity contribution in [1.29, 1.82) is 0 Å². The smallest absolute Gasteiger partial charge is 0.438 e. The molecule has 0 spiro atoms. The Morgan fingerprint density at radius 3 is 1.04 bits per heavy atom. The number of hydrogen-bond donors (Lipinski definition) is 0. The zero-order valence-corrected chi connectivity index (χ0v) is 60.9. The molecule has 0 aromatic rings. The fraction of sp³-hybridized carbons (Fsp3) is 0.845. The summed E-state index contributed by atoms with van der Waals surface area (Å²) in [5, 5.41) is 0. The average Bonchev–Trinajstić information content (AvgIpc) is 4.18. The lowest BCUT2D eigenvalue weighted by molar-refractivity contribution is -0.0349. The van der Waals surface area contributed by atoms with Crippen molar-refractivity contribution in [2.45, 2.75) is 240 Å². The molecule has 7 atom stereocenters. The van der Waals surface area contributed by atoms with Crippen LogP contribution >= 0.6 is 34.8 Å². The quantitative estimate of drug-likeness (QED) is 0.118. The Hall–Kier alpha value is -5.91. The van der Waals surface area contributed by atoms with Gasteiger partial charge < -0.3 is 85.3 Å². The number of carbonyl (C=O) groups is 9. The van der Waals surface area contributed by atoms with Crippen LogP contribution in [0.4, 0.5) is 56.3 Å². The van der Waals surface area contributed by atoms with E-state index in [-0.39, 0.29) is 35.6 Å². The van der Waals surface area contributed by atoms with Crippen molar-refractivity contribution >= 4 is 90.2 Å². The summed E-state index contributed by atoms with van der Waals surface area (Å²) in [4.78, 5) is 92.0. The van der Waals surface area contributed by atoms with Crippen molar-refractivity contribution in [1.82, 2.24) is 0 Å². The van der Waals surface area contributed by atoms with E-state index in [1.165, 1.54) is 14.2 Å². The average molecular weight is 1400 g/mol. The summed E-state index contributed by atoms with van der Waals surface area (Å²) in [5.41, 5.74) is -2.65. The number of methoxy groups -OCH3 is 2. The maximum absolute atomic E-state index is 11.6. The first-order valence-corrected chi connectivity index (χ1v) is 30.7. The molecule has 0 bridgehead atoms. The highest BCUT2D eigenvalue weighted by Gasteiger charge is 2.36. The third kappa shape index (κ3) is 80.1. The molecular formula is C58H110Cl3F3O27. The Labute approximate surface area is 552 Å². The molecule has 27 nitrogen and oxygen atoms in total. The largest absolute Gasteiger partial charge is 0.513 e. The van der Waals surface area contributed by atoms with E-state index in [2.05, 4.69) is 82.4 Å². The zero-order valence-electron chi connectivity index (χ0n) is 58.6. The fourth-order valence-electron chi connectivity index (χ4n) is 3.46. The molecule has 546 valence electrons. The molecule has 91 heavy (non-hydrogen) atoms. The van der Waals surface area contributed by atoms with Gasteiger partial charge in [-0.15, -0.1) is 0 Å². The highest BCUT2D eigenvalue weighted by Crippen LogP contribution is 2.22. The second-order valence-corrected chi connectivity index (χ2v) is 21.0. The molecule has 0 amide bonds. The van der Waals surface area contributed by atoms with Crippen molar-refractivity contribution in [3.8, 4) is 0 Å². The van der Waals surface area contributed by atoms with E-state index in [9.17, 15) is 56.3 Å². The first-order chi connectivity index (χ1) is 42.2. The second-order valence-electron chi connectivity index (χ2n) is 19.7. The van der Waals surface area contributed by atoms with Crippen LogP contribution in [0.25, 0.3) is 0 Å². The van der Waals surface area contributed by atoms with E-state index >= 15 is 0 Å². The van der Waals surface area contributed by atoms with Crippen molar-refractivity contribution in [2.24, 2.45) is 16.2 Å². The molecule has 5 saturated heterocycles. The molecule has 5 aliphatic heterocycles. The molecule has 5 rings (SSSR count). The normalized spacial score (nSPS) is 18.8. The predicted molar refractivity (Wildman–Crippen MR) is 332 cm³/mol. The highest BCUT2D eigenvalue weighted by molar-refractivity contribution is 6.29. The van der Waals surface area contributed by atoms with Crippen molar-refractivity contribution in [2.75, 3.05) is 67.1 Å². The third-order valence-corrected chi connectivity index (χ3v) is 8.64. The van der Waals surface area contributed by atoms with Crippen LogP contribution in [0.1, 0.15) is 192 Å². The Kier molecular flexibility index (Phi) is 73.3. The van der Waals surface area contributed by atoms with Crippen LogP contribution in [0.5, 0.6) is 0 Å². The number of cyclic esters (lactones) is 10. The minimum Gasteiger partial charge on any atom is -0.438 e. The summed E-state index contributed by atoms with van der Waals surface area (Å²) in [5.74, 6) is 0. The van der Waals surface area contributed by atoms with E-state index in [1.807, 2.05) is 125 Å². The maximum Gasteiger partial charge on any atom is 0.513 e. The van der Waals surface area contributed by atoms with Crippen LogP contribution in [0.3, 0.4) is 0 Å². The second kappa shape index (κ2) is 64.2. The van der Waals surface area contributed by atoms with Crippen LogP contribution in [0, 0.1) is 16.2 Å². The fourth-order valence-corrected chi connectivity index (χ4v) is 3.84. The molecule has 0 radical (unpaired) electrons. The Morgan fingerprint density at radius 2 is 0.835 bits per heavy atom. The molecule has 0 saturated carbocycles. The topological polar surface area (TPSA) is 320 Å². The minimum atomic E-state index is -2.25. The molecule has 0 aromatic carbocycles. The van der Waals surface area contributed by atoms with Gasteiger partial charge in [-0.3, -0.25) is 0 Å². The van der Waals surface area contributed by atoms with Gasteiger partial charge in [-0.05, 0) is 63.2 Å². The number of ether oxygens (including phenoxy) is 18. The first-order valence-electron chi connectivity index (χ1n) is 29.3. The standard InChI is InChI=1S/C10H20O3.C8H16O3.C7H14O3.C6H12O3.C5H8O3.C3H2Cl2O3.C3H3ClO3.C3H2F2O3.C3H3FO3.5C2H6/c1-5-7-12-9(11)13-8-10(3,4)6-2;1-5-10-7(9)11-6-8(2,3)4;1-7(2,3)5-10-6(8)9-4;1-6(2,3)9-5(7)8-4;1-2-4-3-7-5(6)8-4;4-1-2(5)8-3(6)7-1;4-2-1-6-3(5)7-2;4-1-2(5)8-3(6)7-1;4-2-1-6-3(5)7-2;5*1-2/h5-8H2,1-4H3;5-6H2,1-4H3;5H2,1-4H3;1-4H3;4H,2-3H2,1H3;1-2H;2H,1H2;1-2H;2H,1H2;5*1-2H3. The number of carbonyl (C=O) groups excluding carboxylic acids is 9. The van der Waals surface area contributed by atoms with Gasteiger partial charge in [0.1, 0.15) is 24.9 Å². The molecule has 33 heteroatoms. The van der Waals surface area contributed by atoms with Crippen LogP contribution in [-0.2, 0) is 85.3 Å². The lowest BCUT2D eigenvalue weighted by Gasteiger charge is -2.21. The molecule has 7 unspecified atom stereocenters. The van der Waals surface area contributed by atoms with Gasteiger partial charge in [0.2, 0.25) is 16.7 Å². The first kappa shape index (κ1) is 104. The third-order valence-electron chi connectivity index (χ3n) is 7.66. The predicted octanol–water partition coefficient (Wildman–Crippen LogP) is 17.8. The molecule has 0 N–H and O–H groups in total. The highest BCUT2D eigenvalue weighted by atomic mass is 35.5. The van der Waals surface area contributed by atoms with Gasteiger partial charge in [-0.2, -0.15) is 13.2 Å². The molecule has 5 aliphatic rings. The minimum absolute atomic E-state index is 0.00231. The van der Waals surface area contributed by atoms with Crippen LogP contribution in [0.2, 0.25) is 0 Å². The van der Waals surface area contributed by atoms with Crippen molar-refractivity contribution in [3.05, 3.63) is 0 Å². The van der Waals surface area contributed by atoms with E-state index in [0.717, 1.165) is 19.3 Å². The van der Waals surface area contributed by atoms with Crippen LogP contribution in [0.15, 0.2) is 0 Å². The monoisotopic (exact) mass is 1400 g/mol. The Balaban J connectivity index is -0.000000117. The Morgan fingerprint density at radius 1 is 0.462 bits per heavy atom. The molecule has 0 aliphatic carbocycles. The molecule has 5 heterocycles. The van der Waals surface area contributed by atoms with Gasteiger partial charge in [-0.25, -0.2) is 43.2 Å². The zero-order chi connectivity index (χ0) is 73.7. The molecular weight excluding hydrogens is 1290 g/mol. The Bertz CT molecular complexity index is 1760. The van der Waals surface area contributed by atoms with Gasteiger partial charge in [0.05, 0.1) is 47.3 Å². The summed E-state index contributed by atoms with van der Waals surface area (Å²) in [6.07, 6.45) is -10.0. The van der Waals surface area contributed by atoms with Crippen LogP contribution < -0.4 is 0 Å². The number of hydrogen-bond acceptors (Lipinski definition) is 27.